The highest BCUT2D eigenvalue weighted by Gasteiger charge is 2.42. The van der Waals surface area contributed by atoms with E-state index >= 15 is 0 Å². The minimum absolute atomic E-state index is 0.0233. The van der Waals surface area contributed by atoms with Crippen LogP contribution < -0.4 is 10.6 Å². The lowest BCUT2D eigenvalue weighted by Gasteiger charge is -2.32. The van der Waals surface area contributed by atoms with E-state index in [9.17, 15) is 14.4 Å². The van der Waals surface area contributed by atoms with Crippen LogP contribution in [-0.2, 0) is 16.0 Å². The van der Waals surface area contributed by atoms with Crippen molar-refractivity contribution in [2.24, 2.45) is 5.73 Å². The minimum Gasteiger partial charge on any atom is -0.366 e. The number of nitrogens with two attached hydrogens (primary N) is 1. The number of amides is 2. The van der Waals surface area contributed by atoms with E-state index < -0.39 is 5.91 Å². The molecule has 6 heteroatoms. The van der Waals surface area contributed by atoms with Gasteiger partial charge in [0.1, 0.15) is 6.04 Å². The van der Waals surface area contributed by atoms with Crippen LogP contribution in [0.3, 0.4) is 0 Å². The molecule has 2 amide bonds. The first-order valence-electron chi connectivity index (χ1n) is 5.49. The maximum absolute atomic E-state index is 11.9. The third-order valence-electron chi connectivity index (χ3n) is 3.20. The van der Waals surface area contributed by atoms with Crippen LogP contribution in [0.1, 0.15) is 15.9 Å². The van der Waals surface area contributed by atoms with Crippen molar-refractivity contribution in [1.82, 2.24) is 0 Å². The van der Waals surface area contributed by atoms with Crippen molar-refractivity contribution in [2.75, 3.05) is 10.7 Å². The number of primary amides is 1. The molecular weight excluding hydrogens is 252 g/mol. The summed E-state index contributed by atoms with van der Waals surface area (Å²) in [6, 6.07) is 4.56. The maximum Gasteiger partial charge on any atom is 0.248 e. The highest BCUT2D eigenvalue weighted by Crippen LogP contribution is 2.36. The zero-order valence-electron chi connectivity index (χ0n) is 9.38. The quantitative estimate of drug-likeness (QED) is 0.832. The molecule has 18 heavy (non-hydrogen) atoms. The fraction of sp³-hybridized carbons (Fsp3) is 0.250. The van der Waals surface area contributed by atoms with Crippen LogP contribution in [0.5, 0.6) is 0 Å². The molecule has 2 N–H and O–H groups in total. The van der Waals surface area contributed by atoms with Gasteiger partial charge in [-0.3, -0.25) is 19.3 Å². The second-order valence-corrected chi connectivity index (χ2v) is 5.32. The van der Waals surface area contributed by atoms with E-state index in [1.807, 2.05) is 0 Å². The molecule has 1 unspecified atom stereocenters. The number of hydrogen-bond donors (Lipinski definition) is 1. The lowest BCUT2D eigenvalue weighted by molar-refractivity contribution is -0.120. The molecule has 2 heterocycles. The van der Waals surface area contributed by atoms with Crippen molar-refractivity contribution in [1.29, 1.82) is 0 Å². The number of fused-ring (bicyclic) bond motifs is 1. The summed E-state index contributed by atoms with van der Waals surface area (Å²) in [5, 5.41) is 0.0233. The predicted molar refractivity (Wildman–Crippen MR) is 67.4 cm³/mol. The van der Waals surface area contributed by atoms with Gasteiger partial charge in [0.05, 0.1) is 6.42 Å². The number of rotatable bonds is 2. The predicted octanol–water partition coefficient (Wildman–Crippen LogP) is 0.317. The summed E-state index contributed by atoms with van der Waals surface area (Å²) < 4.78 is 0. The smallest absolute Gasteiger partial charge is 0.248 e. The molecule has 3 rings (SSSR count). The highest BCUT2D eigenvalue weighted by atomic mass is 32.2. The molecule has 5 nitrogen and oxygen atoms in total. The minimum atomic E-state index is -0.515. The largest absolute Gasteiger partial charge is 0.366 e. The Morgan fingerprint density at radius 1 is 1.39 bits per heavy atom. The van der Waals surface area contributed by atoms with Crippen molar-refractivity contribution in [3.05, 3.63) is 29.3 Å². The van der Waals surface area contributed by atoms with E-state index in [2.05, 4.69) is 0 Å². The van der Waals surface area contributed by atoms with Crippen LogP contribution in [-0.4, -0.2) is 28.7 Å². The lowest BCUT2D eigenvalue weighted by atomic mass is 10.1. The van der Waals surface area contributed by atoms with Crippen molar-refractivity contribution in [3.63, 3.8) is 0 Å². The number of carbonyl (C=O) groups excluding carboxylic acids is 3. The van der Waals surface area contributed by atoms with E-state index in [1.165, 1.54) is 11.8 Å². The fourth-order valence-electron chi connectivity index (χ4n) is 2.25. The molecule has 0 aliphatic carbocycles. The van der Waals surface area contributed by atoms with Crippen molar-refractivity contribution >= 4 is 34.4 Å². The van der Waals surface area contributed by atoms with Gasteiger partial charge in [-0.05, 0) is 23.8 Å². The van der Waals surface area contributed by atoms with Gasteiger partial charge in [0, 0.05) is 17.0 Å². The number of nitrogens with zero attached hydrogens (tertiary/aromatic N) is 1. The number of hydrogen-bond acceptors (Lipinski definition) is 4. The number of thioether (sulfide) groups is 1. The van der Waals surface area contributed by atoms with Gasteiger partial charge in [-0.1, -0.05) is 11.8 Å². The fourth-order valence-corrected chi connectivity index (χ4v) is 2.95. The van der Waals surface area contributed by atoms with Gasteiger partial charge in [0.2, 0.25) is 16.9 Å². The van der Waals surface area contributed by atoms with Crippen LogP contribution >= 0.6 is 11.8 Å². The van der Waals surface area contributed by atoms with Gasteiger partial charge < -0.3 is 5.73 Å². The molecule has 2 aliphatic heterocycles. The second kappa shape index (κ2) is 3.84. The summed E-state index contributed by atoms with van der Waals surface area (Å²) in [4.78, 5) is 36.0. The Hall–Kier alpha value is -1.82. The van der Waals surface area contributed by atoms with Crippen molar-refractivity contribution < 1.29 is 14.4 Å². The zero-order valence-corrected chi connectivity index (χ0v) is 10.2. The van der Waals surface area contributed by atoms with Gasteiger partial charge in [0.15, 0.2) is 0 Å². The number of anilines is 1. The molecule has 0 bridgehead atoms. The third-order valence-corrected chi connectivity index (χ3v) is 4.24. The Kier molecular flexibility index (Phi) is 2.41. The molecule has 1 aromatic rings. The van der Waals surface area contributed by atoms with Gasteiger partial charge in [0.25, 0.3) is 0 Å². The first-order chi connectivity index (χ1) is 8.58. The third kappa shape index (κ3) is 1.53. The van der Waals surface area contributed by atoms with E-state index in [-0.39, 0.29) is 23.5 Å². The molecule has 1 aromatic carbocycles. The molecular formula is C12H10N2O3S. The molecule has 0 spiro atoms. The van der Waals surface area contributed by atoms with Crippen molar-refractivity contribution in [3.8, 4) is 0 Å². The van der Waals surface area contributed by atoms with E-state index in [4.69, 9.17) is 5.73 Å². The van der Waals surface area contributed by atoms with E-state index in [0.29, 0.717) is 11.3 Å². The Morgan fingerprint density at radius 2 is 2.17 bits per heavy atom. The molecule has 1 saturated heterocycles. The molecule has 0 aromatic heterocycles. The number of benzene rings is 1. The SMILES string of the molecule is NC(=O)c1ccc2c(c1)CC(=O)N2C1CSC1=O. The molecule has 2 aliphatic rings. The standard InChI is InChI=1S/C12H10N2O3S/c13-11(16)6-1-2-8-7(3-6)4-10(15)14(8)9-5-18-12(9)17/h1-3,9H,4-5H2,(H2,13,16). The Bertz CT molecular complexity index is 585. The van der Waals surface area contributed by atoms with E-state index in [0.717, 1.165) is 11.3 Å². The van der Waals surface area contributed by atoms with Crippen LogP contribution in [0.15, 0.2) is 18.2 Å². The summed E-state index contributed by atoms with van der Waals surface area (Å²) in [6.45, 7) is 0. The monoisotopic (exact) mass is 262 g/mol. The lowest BCUT2D eigenvalue weighted by Crippen LogP contribution is -2.49. The van der Waals surface area contributed by atoms with Gasteiger partial charge in [-0.25, -0.2) is 0 Å². The topological polar surface area (TPSA) is 80.5 Å². The summed E-state index contributed by atoms with van der Waals surface area (Å²) in [5.74, 6) is 0.0333. The molecule has 0 radical (unpaired) electrons. The second-order valence-electron chi connectivity index (χ2n) is 4.29. The molecule has 1 fully saturated rings. The summed E-state index contributed by atoms with van der Waals surface area (Å²) >= 11 is 1.23. The summed E-state index contributed by atoms with van der Waals surface area (Å²) in [6.07, 6.45) is 0.227. The maximum atomic E-state index is 11.9. The molecule has 92 valence electrons. The van der Waals surface area contributed by atoms with Crippen LogP contribution in [0, 0.1) is 0 Å². The Labute approximate surface area is 107 Å². The average Bonchev–Trinajstić information content (AvgIpc) is 2.63. The first-order valence-corrected chi connectivity index (χ1v) is 6.48. The van der Waals surface area contributed by atoms with Crippen LogP contribution in [0.25, 0.3) is 0 Å². The number of carbonyl (C=O) groups is 3. The normalized spacial score (nSPS) is 21.8. The Balaban J connectivity index is 2.00. The van der Waals surface area contributed by atoms with E-state index in [1.54, 1.807) is 23.1 Å². The summed E-state index contributed by atoms with van der Waals surface area (Å²) in [7, 11) is 0. The van der Waals surface area contributed by atoms with Crippen LogP contribution in [0.4, 0.5) is 5.69 Å². The molecule has 1 atom stereocenters. The summed E-state index contributed by atoms with van der Waals surface area (Å²) in [5.41, 5.74) is 7.08. The van der Waals surface area contributed by atoms with Gasteiger partial charge in [-0.2, -0.15) is 0 Å². The molecule has 0 saturated carbocycles. The van der Waals surface area contributed by atoms with Gasteiger partial charge >= 0.3 is 0 Å². The van der Waals surface area contributed by atoms with Crippen LogP contribution in [0.2, 0.25) is 0 Å². The van der Waals surface area contributed by atoms with Gasteiger partial charge in [-0.15, -0.1) is 0 Å². The first kappa shape index (κ1) is 11.3. The zero-order chi connectivity index (χ0) is 12.9. The van der Waals surface area contributed by atoms with Crippen molar-refractivity contribution in [2.45, 2.75) is 12.5 Å². The Morgan fingerprint density at radius 3 is 2.72 bits per heavy atom. The highest BCUT2D eigenvalue weighted by molar-refractivity contribution is 8.16. The average molecular weight is 262 g/mol.